The molecule has 1 rings (SSSR count). The third-order valence-electron chi connectivity index (χ3n) is 2.87. The summed E-state index contributed by atoms with van der Waals surface area (Å²) in [6, 6.07) is 0.0181. The van der Waals surface area contributed by atoms with Crippen LogP contribution in [0.25, 0.3) is 0 Å². The van der Waals surface area contributed by atoms with Crippen molar-refractivity contribution in [3.63, 3.8) is 0 Å². The number of hydrogen-bond donors (Lipinski definition) is 4. The van der Waals surface area contributed by atoms with Crippen LogP contribution in [0.15, 0.2) is 18.5 Å². The quantitative estimate of drug-likeness (QED) is 0.557. The van der Waals surface area contributed by atoms with E-state index < -0.39 is 23.9 Å². The van der Waals surface area contributed by atoms with Crippen molar-refractivity contribution >= 4 is 17.9 Å². The molecule has 5 N–H and O–H groups in total. The number of primary amides is 1. The molecule has 114 valence electrons. The van der Waals surface area contributed by atoms with Crippen molar-refractivity contribution in [3.8, 4) is 0 Å². The van der Waals surface area contributed by atoms with Gasteiger partial charge >= 0.3 is 12.0 Å². The topological polar surface area (TPSA) is 134 Å². The van der Waals surface area contributed by atoms with Crippen molar-refractivity contribution in [2.45, 2.75) is 32.4 Å². The summed E-state index contributed by atoms with van der Waals surface area (Å²) >= 11 is 0. The van der Waals surface area contributed by atoms with Crippen LogP contribution in [0, 0.1) is 6.92 Å². The zero-order valence-electron chi connectivity index (χ0n) is 11.6. The number of carbonyl (C=O) groups is 3. The SMILES string of the molecule is Cc1ccncc1CNC(=O)N[C@H](CCC(N)=O)C(=O)O. The number of aromatic nitrogens is 1. The number of nitrogens with one attached hydrogen (secondary N) is 2. The molecule has 3 amide bonds. The molecule has 0 aliphatic carbocycles. The molecule has 0 saturated heterocycles. The van der Waals surface area contributed by atoms with Crippen molar-refractivity contribution in [2.75, 3.05) is 0 Å². The minimum Gasteiger partial charge on any atom is -0.480 e. The molecule has 1 aromatic rings. The van der Waals surface area contributed by atoms with Gasteiger partial charge in [-0.1, -0.05) is 0 Å². The van der Waals surface area contributed by atoms with Crippen molar-refractivity contribution in [2.24, 2.45) is 5.73 Å². The van der Waals surface area contributed by atoms with Crippen LogP contribution in [0.2, 0.25) is 0 Å². The van der Waals surface area contributed by atoms with E-state index in [4.69, 9.17) is 10.8 Å². The molecule has 0 aliphatic heterocycles. The van der Waals surface area contributed by atoms with Crippen LogP contribution < -0.4 is 16.4 Å². The summed E-state index contributed by atoms with van der Waals surface area (Å²) < 4.78 is 0. The van der Waals surface area contributed by atoms with Gasteiger partial charge in [0.1, 0.15) is 6.04 Å². The molecule has 1 aromatic heterocycles. The minimum absolute atomic E-state index is 0.0516. The first kappa shape index (κ1) is 16.4. The number of rotatable bonds is 7. The average Bonchev–Trinajstić information content (AvgIpc) is 2.42. The number of carboxylic acids is 1. The number of aliphatic carboxylic acids is 1. The van der Waals surface area contributed by atoms with Crippen molar-refractivity contribution in [1.82, 2.24) is 15.6 Å². The third-order valence-corrected chi connectivity index (χ3v) is 2.87. The van der Waals surface area contributed by atoms with Gasteiger partial charge in [-0.05, 0) is 30.5 Å². The van der Waals surface area contributed by atoms with E-state index in [1.807, 2.05) is 13.0 Å². The van der Waals surface area contributed by atoms with Gasteiger partial charge in [0.15, 0.2) is 0 Å². The Morgan fingerprint density at radius 2 is 2.14 bits per heavy atom. The molecule has 1 heterocycles. The fourth-order valence-electron chi connectivity index (χ4n) is 1.61. The lowest BCUT2D eigenvalue weighted by atomic mass is 10.1. The maximum atomic E-state index is 11.7. The predicted octanol–water partition coefficient (Wildman–Crippen LogP) is -0.0921. The lowest BCUT2D eigenvalue weighted by Gasteiger charge is -2.14. The lowest BCUT2D eigenvalue weighted by molar-refractivity contribution is -0.139. The highest BCUT2D eigenvalue weighted by Gasteiger charge is 2.20. The van der Waals surface area contributed by atoms with E-state index in [0.717, 1.165) is 11.1 Å². The molecule has 21 heavy (non-hydrogen) atoms. The van der Waals surface area contributed by atoms with E-state index in [2.05, 4.69) is 15.6 Å². The van der Waals surface area contributed by atoms with E-state index >= 15 is 0 Å². The standard InChI is InChI=1S/C13H18N4O4/c1-8-4-5-15-6-9(8)7-16-13(21)17-10(12(19)20)2-3-11(14)18/h4-6,10H,2-3,7H2,1H3,(H2,14,18)(H,19,20)(H2,16,17,21)/t10-/m1/s1. The summed E-state index contributed by atoms with van der Waals surface area (Å²) in [5, 5.41) is 13.8. The zero-order chi connectivity index (χ0) is 15.8. The first-order chi connectivity index (χ1) is 9.90. The van der Waals surface area contributed by atoms with E-state index in [0.29, 0.717) is 0 Å². The van der Waals surface area contributed by atoms with Gasteiger partial charge in [0, 0.05) is 25.4 Å². The lowest BCUT2D eigenvalue weighted by Crippen LogP contribution is -2.46. The van der Waals surface area contributed by atoms with Crippen LogP contribution in [0.3, 0.4) is 0 Å². The molecular formula is C13H18N4O4. The molecule has 8 nitrogen and oxygen atoms in total. The zero-order valence-corrected chi connectivity index (χ0v) is 11.6. The van der Waals surface area contributed by atoms with Gasteiger partial charge in [-0.25, -0.2) is 9.59 Å². The number of aryl methyl sites for hydroxylation is 1. The summed E-state index contributed by atoms with van der Waals surface area (Å²) in [4.78, 5) is 37.2. The number of urea groups is 1. The van der Waals surface area contributed by atoms with Crippen LogP contribution in [0.1, 0.15) is 24.0 Å². The van der Waals surface area contributed by atoms with Crippen LogP contribution in [-0.4, -0.2) is 34.0 Å². The Kier molecular flexibility index (Phi) is 6.12. The monoisotopic (exact) mass is 294 g/mol. The van der Waals surface area contributed by atoms with E-state index in [9.17, 15) is 14.4 Å². The molecule has 0 radical (unpaired) electrons. The second kappa shape index (κ2) is 7.83. The normalized spacial score (nSPS) is 11.5. The average molecular weight is 294 g/mol. The van der Waals surface area contributed by atoms with Crippen LogP contribution in [-0.2, 0) is 16.1 Å². The van der Waals surface area contributed by atoms with Crippen LogP contribution in [0.4, 0.5) is 4.79 Å². The molecule has 0 unspecified atom stereocenters. The Hall–Kier alpha value is -2.64. The van der Waals surface area contributed by atoms with Crippen LogP contribution in [0.5, 0.6) is 0 Å². The number of nitrogens with two attached hydrogens (primary N) is 1. The second-order valence-electron chi connectivity index (χ2n) is 4.52. The van der Waals surface area contributed by atoms with Gasteiger partial charge in [-0.2, -0.15) is 0 Å². The van der Waals surface area contributed by atoms with Gasteiger partial charge < -0.3 is 21.5 Å². The highest BCUT2D eigenvalue weighted by atomic mass is 16.4. The van der Waals surface area contributed by atoms with E-state index in [-0.39, 0.29) is 19.4 Å². The second-order valence-corrected chi connectivity index (χ2v) is 4.52. The molecule has 0 bridgehead atoms. The number of hydrogen-bond acceptors (Lipinski definition) is 4. The van der Waals surface area contributed by atoms with E-state index in [1.165, 1.54) is 0 Å². The number of carbonyl (C=O) groups excluding carboxylic acids is 2. The largest absolute Gasteiger partial charge is 0.480 e. The van der Waals surface area contributed by atoms with Crippen molar-refractivity contribution in [1.29, 1.82) is 0 Å². The Labute approximate surface area is 121 Å². The smallest absolute Gasteiger partial charge is 0.326 e. The van der Waals surface area contributed by atoms with E-state index in [1.54, 1.807) is 12.4 Å². The number of carboxylic acid groups (broad SMARTS) is 1. The molecular weight excluding hydrogens is 276 g/mol. The van der Waals surface area contributed by atoms with Gasteiger partial charge in [0.25, 0.3) is 0 Å². The first-order valence-corrected chi connectivity index (χ1v) is 6.35. The van der Waals surface area contributed by atoms with Crippen molar-refractivity contribution < 1.29 is 19.5 Å². The summed E-state index contributed by atoms with van der Waals surface area (Å²) in [5.41, 5.74) is 6.75. The maximum Gasteiger partial charge on any atom is 0.326 e. The number of pyridine rings is 1. The molecule has 0 spiro atoms. The molecule has 0 aromatic carbocycles. The fraction of sp³-hybridized carbons (Fsp3) is 0.385. The molecule has 1 atom stereocenters. The van der Waals surface area contributed by atoms with Gasteiger partial charge in [0.05, 0.1) is 0 Å². The highest BCUT2D eigenvalue weighted by molar-refractivity contribution is 5.83. The first-order valence-electron chi connectivity index (χ1n) is 6.35. The molecule has 0 aliphatic rings. The maximum absolute atomic E-state index is 11.7. The third kappa shape index (κ3) is 5.89. The Morgan fingerprint density at radius 3 is 2.71 bits per heavy atom. The van der Waals surface area contributed by atoms with Gasteiger partial charge in [-0.15, -0.1) is 0 Å². The summed E-state index contributed by atoms with van der Waals surface area (Å²) in [6.07, 6.45) is 3.10. The highest BCUT2D eigenvalue weighted by Crippen LogP contribution is 2.04. The summed E-state index contributed by atoms with van der Waals surface area (Å²) in [6.45, 7) is 2.11. The van der Waals surface area contributed by atoms with Gasteiger partial charge in [-0.3, -0.25) is 9.78 Å². The van der Waals surface area contributed by atoms with Crippen LogP contribution >= 0.6 is 0 Å². The fourth-order valence-corrected chi connectivity index (χ4v) is 1.61. The summed E-state index contributed by atoms with van der Waals surface area (Å²) in [5.74, 6) is -1.83. The number of amides is 3. The Morgan fingerprint density at radius 1 is 1.43 bits per heavy atom. The minimum atomic E-state index is -1.22. The van der Waals surface area contributed by atoms with Crippen molar-refractivity contribution in [3.05, 3.63) is 29.6 Å². The number of nitrogens with zero attached hydrogens (tertiary/aromatic N) is 1. The molecule has 8 heteroatoms. The van der Waals surface area contributed by atoms with Gasteiger partial charge in [0.2, 0.25) is 5.91 Å². The summed E-state index contributed by atoms with van der Waals surface area (Å²) in [7, 11) is 0. The predicted molar refractivity (Wildman–Crippen MR) is 74.2 cm³/mol. The molecule has 0 fully saturated rings. The Bertz CT molecular complexity index is 533. The molecule has 0 saturated carbocycles. The Balaban J connectivity index is 2.49.